The van der Waals surface area contributed by atoms with Crippen molar-refractivity contribution in [2.24, 2.45) is 0 Å². The van der Waals surface area contributed by atoms with E-state index in [0.717, 1.165) is 116 Å². The number of anilines is 3. The van der Waals surface area contributed by atoms with Gasteiger partial charge in [0.25, 0.3) is 0 Å². The van der Waals surface area contributed by atoms with E-state index in [1.807, 2.05) is 54.6 Å². The molecule has 4 heterocycles. The summed E-state index contributed by atoms with van der Waals surface area (Å²) >= 11 is 0. The summed E-state index contributed by atoms with van der Waals surface area (Å²) in [4.78, 5) is 2.27. The summed E-state index contributed by atoms with van der Waals surface area (Å²) in [5.74, 6) is 0. The van der Waals surface area contributed by atoms with Crippen LogP contribution in [0.5, 0.6) is 0 Å². The highest BCUT2D eigenvalue weighted by molar-refractivity contribution is 6.23. The summed E-state index contributed by atoms with van der Waals surface area (Å²) in [6.45, 7) is 0. The van der Waals surface area contributed by atoms with Crippen molar-refractivity contribution in [3.05, 3.63) is 164 Å². The molecule has 12 aromatic rings. The number of hydrogen-bond donors (Lipinski definition) is 0. The van der Waals surface area contributed by atoms with Crippen LogP contribution in [0.1, 0.15) is 0 Å². The Morgan fingerprint density at radius 3 is 1.51 bits per heavy atom. The number of benzene rings is 8. The van der Waals surface area contributed by atoms with Gasteiger partial charge in [0, 0.05) is 72.5 Å². The average molecular weight is 682 g/mol. The van der Waals surface area contributed by atoms with Crippen LogP contribution in [0.3, 0.4) is 0 Å². The third kappa shape index (κ3) is 4.13. The standard InChI is InChI=1S/C48H27NO4/c1-4-16-40-33(11-1)35-21-19-30(26-44(35)51-40)49(31-20-22-36-34-12-2-5-17-41(34)52-45(36)27-31)29-10-7-9-28(25-29)32-14-8-15-37-38-23-24-43-46(48(38)53-47(32)37)39-13-3-6-18-42(39)50-43/h1-27H. The molecule has 12 rings (SSSR count). The summed E-state index contributed by atoms with van der Waals surface area (Å²) in [5.41, 5.74) is 11.8. The predicted molar refractivity (Wildman–Crippen MR) is 216 cm³/mol. The Hall–Kier alpha value is -7.24. The Kier molecular flexibility index (Phi) is 5.71. The SMILES string of the molecule is c1cc(-c2cccc3c2oc2c3ccc3oc4ccccc4c32)cc(N(c2ccc3c(c2)oc2ccccc23)c2ccc3c(c2)oc2ccccc23)c1. The van der Waals surface area contributed by atoms with Crippen molar-refractivity contribution < 1.29 is 17.7 Å². The van der Waals surface area contributed by atoms with E-state index in [2.05, 4.69) is 114 Å². The molecule has 0 fully saturated rings. The molecule has 8 aromatic carbocycles. The lowest BCUT2D eigenvalue weighted by atomic mass is 10.0. The van der Waals surface area contributed by atoms with Crippen LogP contribution in [-0.2, 0) is 0 Å². The fourth-order valence-electron chi connectivity index (χ4n) is 8.26. The molecule has 5 heteroatoms. The number of rotatable bonds is 4. The van der Waals surface area contributed by atoms with Crippen LogP contribution in [0.4, 0.5) is 17.1 Å². The first-order valence-corrected chi connectivity index (χ1v) is 17.7. The van der Waals surface area contributed by atoms with E-state index in [0.29, 0.717) is 0 Å². The minimum absolute atomic E-state index is 0.819. The van der Waals surface area contributed by atoms with Crippen molar-refractivity contribution >= 4 is 105 Å². The molecule has 0 atom stereocenters. The molecule has 0 saturated carbocycles. The Morgan fingerprint density at radius 1 is 0.302 bits per heavy atom. The van der Waals surface area contributed by atoms with Crippen LogP contribution < -0.4 is 4.90 Å². The summed E-state index contributed by atoms with van der Waals surface area (Å²) in [5, 5.41) is 8.56. The van der Waals surface area contributed by atoms with Gasteiger partial charge < -0.3 is 22.6 Å². The summed E-state index contributed by atoms with van der Waals surface area (Å²) in [6.07, 6.45) is 0. The van der Waals surface area contributed by atoms with E-state index in [-0.39, 0.29) is 0 Å². The van der Waals surface area contributed by atoms with Crippen molar-refractivity contribution in [3.63, 3.8) is 0 Å². The highest BCUT2D eigenvalue weighted by Gasteiger charge is 2.21. The minimum atomic E-state index is 0.819. The number of furan rings is 4. The highest BCUT2D eigenvalue weighted by atomic mass is 16.3. The first-order chi connectivity index (χ1) is 26.2. The molecule has 0 aliphatic rings. The Balaban J connectivity index is 1.06. The second-order valence-corrected chi connectivity index (χ2v) is 13.6. The second kappa shape index (κ2) is 10.6. The van der Waals surface area contributed by atoms with Gasteiger partial charge in [-0.2, -0.15) is 0 Å². The molecule has 0 aliphatic heterocycles. The Labute approximate surface area is 301 Å². The Morgan fingerprint density at radius 2 is 0.811 bits per heavy atom. The molecular formula is C48H27NO4. The van der Waals surface area contributed by atoms with Crippen LogP contribution in [0.2, 0.25) is 0 Å². The van der Waals surface area contributed by atoms with Crippen molar-refractivity contribution in [1.29, 1.82) is 0 Å². The molecule has 0 amide bonds. The van der Waals surface area contributed by atoms with Gasteiger partial charge in [-0.05, 0) is 72.3 Å². The zero-order chi connectivity index (χ0) is 34.6. The zero-order valence-corrected chi connectivity index (χ0v) is 28.2. The maximum atomic E-state index is 6.84. The topological polar surface area (TPSA) is 55.8 Å². The molecule has 248 valence electrons. The first-order valence-electron chi connectivity index (χ1n) is 17.7. The lowest BCUT2D eigenvalue weighted by Crippen LogP contribution is -2.09. The maximum absolute atomic E-state index is 6.84. The van der Waals surface area contributed by atoms with Crippen molar-refractivity contribution in [1.82, 2.24) is 0 Å². The van der Waals surface area contributed by atoms with Gasteiger partial charge in [0.15, 0.2) is 0 Å². The molecule has 0 N–H and O–H groups in total. The molecule has 5 nitrogen and oxygen atoms in total. The summed E-state index contributed by atoms with van der Waals surface area (Å²) in [6, 6.07) is 56.6. The molecular weight excluding hydrogens is 655 g/mol. The van der Waals surface area contributed by atoms with Gasteiger partial charge in [-0.25, -0.2) is 0 Å². The third-order valence-electron chi connectivity index (χ3n) is 10.7. The molecule has 0 aliphatic carbocycles. The van der Waals surface area contributed by atoms with Crippen LogP contribution in [0.25, 0.3) is 98.9 Å². The molecule has 0 bridgehead atoms. The van der Waals surface area contributed by atoms with Crippen molar-refractivity contribution in [2.45, 2.75) is 0 Å². The van der Waals surface area contributed by atoms with Crippen LogP contribution in [0, 0.1) is 0 Å². The monoisotopic (exact) mass is 681 g/mol. The molecule has 0 radical (unpaired) electrons. The maximum Gasteiger partial charge on any atom is 0.147 e. The van der Waals surface area contributed by atoms with E-state index in [9.17, 15) is 0 Å². The van der Waals surface area contributed by atoms with E-state index in [1.54, 1.807) is 0 Å². The molecule has 0 unspecified atom stereocenters. The molecule has 53 heavy (non-hydrogen) atoms. The van der Waals surface area contributed by atoms with Gasteiger partial charge in [0.1, 0.15) is 44.7 Å². The number of fused-ring (bicyclic) bond motifs is 13. The summed E-state index contributed by atoms with van der Waals surface area (Å²) in [7, 11) is 0. The lowest BCUT2D eigenvalue weighted by molar-refractivity contribution is 0.663. The van der Waals surface area contributed by atoms with Crippen LogP contribution >= 0.6 is 0 Å². The van der Waals surface area contributed by atoms with Gasteiger partial charge in [0.05, 0.1) is 5.39 Å². The van der Waals surface area contributed by atoms with Gasteiger partial charge in [-0.3, -0.25) is 0 Å². The van der Waals surface area contributed by atoms with Gasteiger partial charge in [-0.1, -0.05) is 84.9 Å². The van der Waals surface area contributed by atoms with E-state index < -0.39 is 0 Å². The van der Waals surface area contributed by atoms with Crippen molar-refractivity contribution in [2.75, 3.05) is 4.90 Å². The lowest BCUT2D eigenvalue weighted by Gasteiger charge is -2.26. The predicted octanol–water partition coefficient (Wildman–Crippen LogP) is 14.4. The van der Waals surface area contributed by atoms with Gasteiger partial charge >= 0.3 is 0 Å². The zero-order valence-electron chi connectivity index (χ0n) is 28.2. The highest BCUT2D eigenvalue weighted by Crippen LogP contribution is 2.45. The molecule has 0 saturated heterocycles. The van der Waals surface area contributed by atoms with Crippen LogP contribution in [0.15, 0.2) is 181 Å². The second-order valence-electron chi connectivity index (χ2n) is 13.6. The van der Waals surface area contributed by atoms with Gasteiger partial charge in [0.2, 0.25) is 0 Å². The first kappa shape index (κ1) is 28.5. The number of nitrogens with zero attached hydrogens (tertiary/aromatic N) is 1. The minimum Gasteiger partial charge on any atom is -0.456 e. The normalized spacial score (nSPS) is 12.2. The fourth-order valence-corrected chi connectivity index (χ4v) is 8.26. The van der Waals surface area contributed by atoms with E-state index >= 15 is 0 Å². The average Bonchev–Trinajstić information content (AvgIpc) is 3.97. The Bertz CT molecular complexity index is 3320. The van der Waals surface area contributed by atoms with E-state index in [4.69, 9.17) is 17.7 Å². The number of hydrogen-bond acceptors (Lipinski definition) is 5. The van der Waals surface area contributed by atoms with Crippen LogP contribution in [-0.4, -0.2) is 0 Å². The van der Waals surface area contributed by atoms with Crippen molar-refractivity contribution in [3.8, 4) is 11.1 Å². The third-order valence-corrected chi connectivity index (χ3v) is 10.7. The smallest absolute Gasteiger partial charge is 0.147 e. The fraction of sp³-hybridized carbons (Fsp3) is 0. The molecule has 0 spiro atoms. The van der Waals surface area contributed by atoms with E-state index in [1.165, 1.54) is 0 Å². The molecule has 4 aromatic heterocycles. The number of para-hydroxylation sites is 4. The summed E-state index contributed by atoms with van der Waals surface area (Å²) < 4.78 is 25.8. The quantitative estimate of drug-likeness (QED) is 0.185. The largest absolute Gasteiger partial charge is 0.456 e. The van der Waals surface area contributed by atoms with Gasteiger partial charge in [-0.15, -0.1) is 0 Å².